The number of nitrogens with one attached hydrogen (secondary N) is 3. The van der Waals surface area contributed by atoms with Crippen molar-refractivity contribution in [2.24, 2.45) is 0 Å². The molecule has 1 aliphatic heterocycles. The minimum absolute atomic E-state index is 0. The number of hydrogen-bond acceptors (Lipinski definition) is 5. The highest BCUT2D eigenvalue weighted by atomic mass is 35.5. The van der Waals surface area contributed by atoms with Gasteiger partial charge in [-0.15, -0.1) is 12.4 Å². The molecular weight excluding hydrogens is 294 g/mol. The monoisotopic (exact) mass is 309 g/mol. The number of carbonyl (C=O) groups excluding carboxylic acids is 1. The molecule has 1 aliphatic rings. The SMILES string of the molecule is COc1ccnc(NC(=O)c2n[nH]c3c2CNCC3)c1.Cl. The van der Waals surface area contributed by atoms with E-state index in [0.717, 1.165) is 24.2 Å². The molecule has 8 heteroatoms. The van der Waals surface area contributed by atoms with Crippen molar-refractivity contribution < 1.29 is 9.53 Å². The van der Waals surface area contributed by atoms with E-state index in [9.17, 15) is 4.79 Å². The van der Waals surface area contributed by atoms with Crippen LogP contribution in [0.15, 0.2) is 18.3 Å². The highest BCUT2D eigenvalue weighted by Crippen LogP contribution is 2.18. The van der Waals surface area contributed by atoms with E-state index >= 15 is 0 Å². The van der Waals surface area contributed by atoms with Crippen molar-refractivity contribution in [3.63, 3.8) is 0 Å². The Kier molecular flexibility index (Phi) is 4.77. The van der Waals surface area contributed by atoms with Crippen LogP contribution in [0, 0.1) is 0 Å². The molecule has 0 bridgehead atoms. The van der Waals surface area contributed by atoms with Crippen LogP contribution in [-0.4, -0.2) is 34.7 Å². The number of aromatic nitrogens is 3. The summed E-state index contributed by atoms with van der Waals surface area (Å²) in [5.74, 6) is 0.808. The number of amides is 1. The van der Waals surface area contributed by atoms with E-state index in [1.54, 1.807) is 25.4 Å². The van der Waals surface area contributed by atoms with Gasteiger partial charge < -0.3 is 15.4 Å². The number of hydrogen-bond donors (Lipinski definition) is 3. The van der Waals surface area contributed by atoms with Crippen LogP contribution in [0.3, 0.4) is 0 Å². The maximum atomic E-state index is 12.2. The third-order valence-corrected chi connectivity index (χ3v) is 3.23. The van der Waals surface area contributed by atoms with Crippen molar-refractivity contribution in [2.75, 3.05) is 19.0 Å². The number of fused-ring (bicyclic) bond motifs is 1. The Morgan fingerprint density at radius 1 is 1.48 bits per heavy atom. The first kappa shape index (κ1) is 15.3. The van der Waals surface area contributed by atoms with E-state index in [1.165, 1.54) is 0 Å². The Bertz CT molecular complexity index is 643. The van der Waals surface area contributed by atoms with Crippen LogP contribution < -0.4 is 15.4 Å². The number of pyridine rings is 1. The molecule has 2 aromatic rings. The lowest BCUT2D eigenvalue weighted by atomic mass is 10.1. The van der Waals surface area contributed by atoms with Crippen LogP contribution in [0.1, 0.15) is 21.7 Å². The number of nitrogens with zero attached hydrogens (tertiary/aromatic N) is 2. The molecule has 7 nitrogen and oxygen atoms in total. The second kappa shape index (κ2) is 6.55. The predicted molar refractivity (Wildman–Crippen MR) is 80.0 cm³/mol. The largest absolute Gasteiger partial charge is 0.497 e. The fourth-order valence-electron chi connectivity index (χ4n) is 2.20. The Balaban J connectivity index is 0.00000161. The maximum absolute atomic E-state index is 12.2. The van der Waals surface area contributed by atoms with Gasteiger partial charge in [0, 0.05) is 43.0 Å². The molecule has 0 radical (unpaired) electrons. The van der Waals surface area contributed by atoms with E-state index in [2.05, 4.69) is 25.8 Å². The van der Waals surface area contributed by atoms with Gasteiger partial charge in [0.1, 0.15) is 11.6 Å². The van der Waals surface area contributed by atoms with Gasteiger partial charge in [-0.3, -0.25) is 9.89 Å². The van der Waals surface area contributed by atoms with Crippen LogP contribution in [0.2, 0.25) is 0 Å². The van der Waals surface area contributed by atoms with Crippen LogP contribution in [0.5, 0.6) is 5.75 Å². The van der Waals surface area contributed by atoms with Gasteiger partial charge >= 0.3 is 0 Å². The number of rotatable bonds is 3. The van der Waals surface area contributed by atoms with Crippen molar-refractivity contribution in [3.05, 3.63) is 35.3 Å². The van der Waals surface area contributed by atoms with Gasteiger partial charge in [0.25, 0.3) is 5.91 Å². The molecule has 0 unspecified atom stereocenters. The zero-order valence-electron chi connectivity index (χ0n) is 11.5. The third kappa shape index (κ3) is 3.14. The summed E-state index contributed by atoms with van der Waals surface area (Å²) in [7, 11) is 1.57. The molecular formula is C13H16ClN5O2. The summed E-state index contributed by atoms with van der Waals surface area (Å²) in [5.41, 5.74) is 2.36. The number of anilines is 1. The van der Waals surface area contributed by atoms with Gasteiger partial charge in [-0.1, -0.05) is 0 Å². The second-order valence-electron chi connectivity index (χ2n) is 4.49. The lowest BCUT2D eigenvalue weighted by Gasteiger charge is -2.12. The third-order valence-electron chi connectivity index (χ3n) is 3.23. The van der Waals surface area contributed by atoms with Crippen molar-refractivity contribution in [2.45, 2.75) is 13.0 Å². The van der Waals surface area contributed by atoms with Gasteiger partial charge in [-0.05, 0) is 6.07 Å². The molecule has 1 amide bonds. The minimum atomic E-state index is -0.271. The number of ether oxygens (including phenoxy) is 1. The summed E-state index contributed by atoms with van der Waals surface area (Å²) in [6, 6.07) is 3.38. The fourth-order valence-corrected chi connectivity index (χ4v) is 2.20. The molecule has 0 aromatic carbocycles. The lowest BCUT2D eigenvalue weighted by Crippen LogP contribution is -2.25. The van der Waals surface area contributed by atoms with Crippen molar-refractivity contribution in [1.82, 2.24) is 20.5 Å². The molecule has 0 spiro atoms. The summed E-state index contributed by atoms with van der Waals surface area (Å²) in [4.78, 5) is 16.3. The smallest absolute Gasteiger partial charge is 0.277 e. The zero-order chi connectivity index (χ0) is 13.9. The molecule has 0 fully saturated rings. The van der Waals surface area contributed by atoms with Gasteiger partial charge in [-0.25, -0.2) is 4.98 Å². The number of aromatic amines is 1. The molecule has 3 heterocycles. The first-order valence-electron chi connectivity index (χ1n) is 6.36. The summed E-state index contributed by atoms with van der Waals surface area (Å²) < 4.78 is 5.09. The quantitative estimate of drug-likeness (QED) is 0.790. The number of methoxy groups -OCH3 is 1. The maximum Gasteiger partial charge on any atom is 0.277 e. The number of H-pyrrole nitrogens is 1. The first-order valence-corrected chi connectivity index (χ1v) is 6.36. The zero-order valence-corrected chi connectivity index (χ0v) is 12.3. The Morgan fingerprint density at radius 2 is 2.33 bits per heavy atom. The second-order valence-corrected chi connectivity index (χ2v) is 4.49. The van der Waals surface area contributed by atoms with Crippen LogP contribution in [0.4, 0.5) is 5.82 Å². The lowest BCUT2D eigenvalue weighted by molar-refractivity contribution is 0.102. The van der Waals surface area contributed by atoms with Gasteiger partial charge in [-0.2, -0.15) is 5.10 Å². The van der Waals surface area contributed by atoms with E-state index in [0.29, 0.717) is 23.8 Å². The fraction of sp³-hybridized carbons (Fsp3) is 0.308. The molecule has 3 rings (SSSR count). The molecule has 0 atom stereocenters. The Hall–Kier alpha value is -2.12. The van der Waals surface area contributed by atoms with E-state index in [-0.39, 0.29) is 18.3 Å². The molecule has 0 saturated heterocycles. The molecule has 21 heavy (non-hydrogen) atoms. The Morgan fingerprint density at radius 3 is 3.14 bits per heavy atom. The van der Waals surface area contributed by atoms with E-state index in [1.807, 2.05) is 0 Å². The number of carbonyl (C=O) groups is 1. The highest BCUT2D eigenvalue weighted by Gasteiger charge is 2.21. The molecule has 0 saturated carbocycles. The van der Waals surface area contributed by atoms with Crippen molar-refractivity contribution in [1.29, 1.82) is 0 Å². The van der Waals surface area contributed by atoms with Crippen LogP contribution in [0.25, 0.3) is 0 Å². The minimum Gasteiger partial charge on any atom is -0.497 e. The van der Waals surface area contributed by atoms with Crippen molar-refractivity contribution >= 4 is 24.1 Å². The van der Waals surface area contributed by atoms with Gasteiger partial charge in [0.2, 0.25) is 0 Å². The normalized spacial score (nSPS) is 13.0. The summed E-state index contributed by atoms with van der Waals surface area (Å²) in [6.45, 7) is 1.55. The standard InChI is InChI=1S/C13H15N5O2.ClH/c1-20-8-2-5-15-11(6-8)16-13(19)12-9-7-14-4-3-10(9)17-18-12;/h2,5-6,14H,3-4,7H2,1H3,(H,17,18)(H,15,16,19);1H. The molecule has 2 aromatic heterocycles. The van der Waals surface area contributed by atoms with Gasteiger partial charge in [0.05, 0.1) is 7.11 Å². The first-order chi connectivity index (χ1) is 9.78. The van der Waals surface area contributed by atoms with Crippen LogP contribution >= 0.6 is 12.4 Å². The van der Waals surface area contributed by atoms with Crippen molar-refractivity contribution in [3.8, 4) is 5.75 Å². The molecule has 0 aliphatic carbocycles. The average molecular weight is 310 g/mol. The summed E-state index contributed by atoms with van der Waals surface area (Å²) in [6.07, 6.45) is 2.43. The summed E-state index contributed by atoms with van der Waals surface area (Å²) >= 11 is 0. The van der Waals surface area contributed by atoms with Crippen LogP contribution in [-0.2, 0) is 13.0 Å². The Labute approximate surface area is 127 Å². The summed E-state index contributed by atoms with van der Waals surface area (Å²) in [5, 5.41) is 13.0. The van der Waals surface area contributed by atoms with E-state index < -0.39 is 0 Å². The average Bonchev–Trinajstić information content (AvgIpc) is 2.91. The van der Waals surface area contributed by atoms with Gasteiger partial charge in [0.15, 0.2) is 5.69 Å². The van der Waals surface area contributed by atoms with E-state index in [4.69, 9.17) is 4.74 Å². The molecule has 112 valence electrons. The number of halogens is 1. The highest BCUT2D eigenvalue weighted by molar-refractivity contribution is 6.03. The molecule has 3 N–H and O–H groups in total. The topological polar surface area (TPSA) is 91.9 Å². The predicted octanol–water partition coefficient (Wildman–Crippen LogP) is 1.13.